The van der Waals surface area contributed by atoms with Crippen LogP contribution in [0.1, 0.15) is 34.9 Å². The number of amides is 2. The number of benzene rings is 1. The monoisotopic (exact) mass is 427 g/mol. The van der Waals surface area contributed by atoms with E-state index < -0.39 is 0 Å². The van der Waals surface area contributed by atoms with Crippen molar-refractivity contribution in [2.75, 3.05) is 58.4 Å². The molecule has 2 aromatic rings. The third kappa shape index (κ3) is 5.42. The highest BCUT2D eigenvalue weighted by molar-refractivity contribution is 5.93. The Hall–Kier alpha value is -2.91. The Kier molecular flexibility index (Phi) is 6.83. The standard InChI is InChI=1S/C22H29N5O4/c1-30-18-6-4-17(5-7-18)23-21(28)15-26-8-2-3-16(14-26)19-13-20(25-24-19)22(29)27-9-11-31-12-10-27/h4-7,13,16H,2-3,8-12,14-15H2,1H3,(H,23,28)(H,24,25). The van der Waals surface area contributed by atoms with Crippen molar-refractivity contribution < 1.29 is 19.1 Å². The van der Waals surface area contributed by atoms with E-state index in [1.807, 2.05) is 30.3 Å². The van der Waals surface area contributed by atoms with Crippen LogP contribution in [0.3, 0.4) is 0 Å². The molecule has 1 atom stereocenters. The van der Waals surface area contributed by atoms with Gasteiger partial charge in [-0.05, 0) is 49.7 Å². The van der Waals surface area contributed by atoms with Crippen LogP contribution in [0.15, 0.2) is 30.3 Å². The SMILES string of the molecule is COc1ccc(NC(=O)CN2CCCC(c3cc(C(=O)N4CCOCC4)n[nH]3)C2)cc1. The number of rotatable bonds is 6. The molecule has 2 N–H and O–H groups in total. The van der Waals surface area contributed by atoms with E-state index in [1.165, 1.54) is 0 Å². The molecule has 2 aliphatic heterocycles. The van der Waals surface area contributed by atoms with Crippen molar-refractivity contribution in [3.05, 3.63) is 41.7 Å². The molecule has 9 heteroatoms. The molecule has 1 aromatic heterocycles. The Labute approximate surface area is 181 Å². The van der Waals surface area contributed by atoms with E-state index in [0.29, 0.717) is 38.5 Å². The number of nitrogens with zero attached hydrogens (tertiary/aromatic N) is 3. The molecule has 9 nitrogen and oxygen atoms in total. The number of hydrogen-bond acceptors (Lipinski definition) is 6. The molecule has 2 amide bonds. The number of ether oxygens (including phenoxy) is 2. The smallest absolute Gasteiger partial charge is 0.274 e. The molecular weight excluding hydrogens is 398 g/mol. The summed E-state index contributed by atoms with van der Waals surface area (Å²) in [6, 6.07) is 9.16. The predicted octanol–water partition coefficient (Wildman–Crippen LogP) is 1.71. The molecule has 0 aliphatic carbocycles. The van der Waals surface area contributed by atoms with Crippen LogP contribution in [-0.2, 0) is 9.53 Å². The van der Waals surface area contributed by atoms with Crippen LogP contribution in [0.2, 0.25) is 0 Å². The van der Waals surface area contributed by atoms with Gasteiger partial charge in [0.25, 0.3) is 5.91 Å². The van der Waals surface area contributed by atoms with E-state index >= 15 is 0 Å². The van der Waals surface area contributed by atoms with Crippen LogP contribution in [-0.4, -0.2) is 84.9 Å². The fourth-order valence-corrected chi connectivity index (χ4v) is 4.11. The number of methoxy groups -OCH3 is 1. The first-order valence-electron chi connectivity index (χ1n) is 10.7. The van der Waals surface area contributed by atoms with Gasteiger partial charge in [0, 0.05) is 36.9 Å². The Morgan fingerprint density at radius 2 is 2.00 bits per heavy atom. The average molecular weight is 428 g/mol. The summed E-state index contributed by atoms with van der Waals surface area (Å²) in [4.78, 5) is 29.0. The second-order valence-corrected chi connectivity index (χ2v) is 7.96. The lowest BCUT2D eigenvalue weighted by atomic mass is 9.94. The summed E-state index contributed by atoms with van der Waals surface area (Å²) in [6.07, 6.45) is 2.00. The number of carbonyl (C=O) groups excluding carboxylic acids is 2. The van der Waals surface area contributed by atoms with Gasteiger partial charge in [-0.2, -0.15) is 5.10 Å². The second kappa shape index (κ2) is 9.93. The van der Waals surface area contributed by atoms with Gasteiger partial charge in [0.05, 0.1) is 26.9 Å². The lowest BCUT2D eigenvalue weighted by molar-refractivity contribution is -0.117. The quantitative estimate of drug-likeness (QED) is 0.728. The number of morpholine rings is 1. The molecular formula is C22H29N5O4. The highest BCUT2D eigenvalue weighted by atomic mass is 16.5. The normalized spacial score (nSPS) is 19.8. The van der Waals surface area contributed by atoms with E-state index in [0.717, 1.165) is 43.1 Å². The third-order valence-electron chi connectivity index (χ3n) is 5.80. The summed E-state index contributed by atoms with van der Waals surface area (Å²) in [5.74, 6) is 0.875. The van der Waals surface area contributed by atoms with E-state index in [1.54, 1.807) is 12.0 Å². The number of hydrogen-bond donors (Lipinski definition) is 2. The number of likely N-dealkylation sites (tertiary alicyclic amines) is 1. The van der Waals surface area contributed by atoms with E-state index in [4.69, 9.17) is 9.47 Å². The number of aromatic amines is 1. The van der Waals surface area contributed by atoms with Crippen LogP contribution in [0.25, 0.3) is 0 Å². The summed E-state index contributed by atoms with van der Waals surface area (Å²) in [7, 11) is 1.61. The van der Waals surface area contributed by atoms with Crippen molar-refractivity contribution in [2.24, 2.45) is 0 Å². The zero-order chi connectivity index (χ0) is 21.6. The molecule has 166 valence electrons. The Balaban J connectivity index is 1.31. The predicted molar refractivity (Wildman–Crippen MR) is 115 cm³/mol. The average Bonchev–Trinajstić information content (AvgIpc) is 3.30. The molecule has 31 heavy (non-hydrogen) atoms. The third-order valence-corrected chi connectivity index (χ3v) is 5.80. The van der Waals surface area contributed by atoms with Gasteiger partial charge in [0.1, 0.15) is 11.4 Å². The van der Waals surface area contributed by atoms with Crippen LogP contribution in [0.4, 0.5) is 5.69 Å². The van der Waals surface area contributed by atoms with E-state index in [9.17, 15) is 9.59 Å². The van der Waals surface area contributed by atoms with Crippen molar-refractivity contribution in [1.82, 2.24) is 20.0 Å². The van der Waals surface area contributed by atoms with Gasteiger partial charge in [0.15, 0.2) is 0 Å². The lowest BCUT2D eigenvalue weighted by Crippen LogP contribution is -2.40. The van der Waals surface area contributed by atoms with Crippen LogP contribution >= 0.6 is 0 Å². The van der Waals surface area contributed by atoms with Crippen LogP contribution in [0.5, 0.6) is 5.75 Å². The molecule has 2 fully saturated rings. The van der Waals surface area contributed by atoms with Crippen molar-refractivity contribution in [1.29, 1.82) is 0 Å². The number of nitrogens with one attached hydrogen (secondary N) is 2. The molecule has 1 aromatic carbocycles. The minimum atomic E-state index is -0.0580. The van der Waals surface area contributed by atoms with Gasteiger partial charge in [-0.1, -0.05) is 0 Å². The molecule has 1 unspecified atom stereocenters. The largest absolute Gasteiger partial charge is 0.497 e. The number of H-pyrrole nitrogens is 1. The molecule has 0 saturated carbocycles. The van der Waals surface area contributed by atoms with Gasteiger partial charge in [-0.25, -0.2) is 0 Å². The minimum absolute atomic E-state index is 0.0430. The number of aromatic nitrogens is 2. The second-order valence-electron chi connectivity index (χ2n) is 7.96. The van der Waals surface area contributed by atoms with Gasteiger partial charge in [0.2, 0.25) is 5.91 Å². The van der Waals surface area contributed by atoms with E-state index in [-0.39, 0.29) is 17.7 Å². The Bertz CT molecular complexity index is 892. The molecule has 2 aliphatic rings. The molecule has 3 heterocycles. The van der Waals surface area contributed by atoms with Crippen molar-refractivity contribution >= 4 is 17.5 Å². The number of piperidine rings is 1. The fourth-order valence-electron chi connectivity index (χ4n) is 4.11. The Morgan fingerprint density at radius 1 is 1.23 bits per heavy atom. The van der Waals surface area contributed by atoms with Gasteiger partial charge >= 0.3 is 0 Å². The fraction of sp³-hybridized carbons (Fsp3) is 0.500. The maximum absolute atomic E-state index is 12.6. The lowest BCUT2D eigenvalue weighted by Gasteiger charge is -2.31. The van der Waals surface area contributed by atoms with Crippen molar-refractivity contribution in [3.63, 3.8) is 0 Å². The van der Waals surface area contributed by atoms with Crippen LogP contribution < -0.4 is 10.1 Å². The van der Waals surface area contributed by atoms with Gasteiger partial charge in [-0.3, -0.25) is 19.6 Å². The summed E-state index contributed by atoms with van der Waals surface area (Å²) in [5.41, 5.74) is 2.15. The van der Waals surface area contributed by atoms with Crippen molar-refractivity contribution in [3.8, 4) is 5.75 Å². The molecule has 0 bridgehead atoms. The topological polar surface area (TPSA) is 99.8 Å². The highest BCUT2D eigenvalue weighted by Crippen LogP contribution is 2.26. The summed E-state index contributed by atoms with van der Waals surface area (Å²) in [5, 5.41) is 10.2. The summed E-state index contributed by atoms with van der Waals surface area (Å²) < 4.78 is 10.5. The van der Waals surface area contributed by atoms with Crippen LogP contribution in [0, 0.1) is 0 Å². The first-order chi connectivity index (χ1) is 15.1. The molecule has 2 saturated heterocycles. The number of carbonyl (C=O) groups is 2. The summed E-state index contributed by atoms with van der Waals surface area (Å²) in [6.45, 7) is 4.29. The highest BCUT2D eigenvalue weighted by Gasteiger charge is 2.26. The minimum Gasteiger partial charge on any atom is -0.497 e. The molecule has 4 rings (SSSR count). The van der Waals surface area contributed by atoms with Crippen molar-refractivity contribution in [2.45, 2.75) is 18.8 Å². The maximum atomic E-state index is 12.6. The molecule has 0 radical (unpaired) electrons. The molecule has 0 spiro atoms. The number of anilines is 1. The first kappa shape index (κ1) is 21.3. The zero-order valence-electron chi connectivity index (χ0n) is 17.8. The first-order valence-corrected chi connectivity index (χ1v) is 10.7. The van der Waals surface area contributed by atoms with Gasteiger partial charge in [-0.15, -0.1) is 0 Å². The zero-order valence-corrected chi connectivity index (χ0v) is 17.8. The maximum Gasteiger partial charge on any atom is 0.274 e. The Morgan fingerprint density at radius 3 is 2.74 bits per heavy atom. The summed E-state index contributed by atoms with van der Waals surface area (Å²) >= 11 is 0. The van der Waals surface area contributed by atoms with Gasteiger partial charge < -0.3 is 19.7 Å². The van der Waals surface area contributed by atoms with E-state index in [2.05, 4.69) is 20.4 Å².